The first-order chi connectivity index (χ1) is 22.7. The van der Waals surface area contributed by atoms with Gasteiger partial charge in [-0.2, -0.15) is 5.26 Å². The molecule has 7 aromatic carbocycles. The minimum absolute atomic E-state index is 0.628. The number of para-hydroxylation sites is 2. The zero-order chi connectivity index (χ0) is 30.6. The molecule has 0 aliphatic heterocycles. The van der Waals surface area contributed by atoms with Crippen LogP contribution < -0.4 is 0 Å². The number of fused-ring (bicyclic) bond motifs is 6. The van der Waals surface area contributed by atoms with Crippen LogP contribution in [0.5, 0.6) is 0 Å². The highest BCUT2D eigenvalue weighted by Gasteiger charge is 2.19. The first-order valence-corrected chi connectivity index (χ1v) is 15.3. The average molecular weight is 588 g/mol. The number of rotatable bonds is 4. The lowest BCUT2D eigenvalue weighted by Crippen LogP contribution is -1.93. The van der Waals surface area contributed by atoms with E-state index in [1.165, 1.54) is 0 Å². The smallest absolute Gasteiger partial charge is 0.136 e. The third-order valence-corrected chi connectivity index (χ3v) is 8.90. The van der Waals surface area contributed by atoms with Crippen LogP contribution in [-0.2, 0) is 0 Å². The molecule has 0 aliphatic rings. The second-order valence-electron chi connectivity index (χ2n) is 11.6. The molecule has 3 nitrogen and oxygen atoms in total. The summed E-state index contributed by atoms with van der Waals surface area (Å²) in [6, 6.07) is 54.5. The Balaban J connectivity index is 1.37. The van der Waals surface area contributed by atoms with Crippen LogP contribution >= 0.6 is 0 Å². The molecule has 0 spiro atoms. The number of hydrogen-bond donors (Lipinski definition) is 0. The lowest BCUT2D eigenvalue weighted by molar-refractivity contribution is 0.668. The molecule has 0 aliphatic carbocycles. The van der Waals surface area contributed by atoms with Gasteiger partial charge >= 0.3 is 0 Å². The monoisotopic (exact) mass is 587 g/mol. The fourth-order valence-corrected chi connectivity index (χ4v) is 6.74. The summed E-state index contributed by atoms with van der Waals surface area (Å²) in [5, 5.41) is 14.1. The molecule has 0 amide bonds. The lowest BCUT2D eigenvalue weighted by atomic mass is 9.84. The molecule has 0 N–H and O–H groups in total. The fraction of sp³-hybridized carbons (Fsp3) is 0. The molecule has 0 saturated carbocycles. The molecule has 2 aromatic heterocycles. The highest BCUT2D eigenvalue weighted by Crippen LogP contribution is 2.45. The van der Waals surface area contributed by atoms with E-state index in [-0.39, 0.29) is 0 Å². The Kier molecular flexibility index (Phi) is 5.88. The fourth-order valence-electron chi connectivity index (χ4n) is 6.74. The van der Waals surface area contributed by atoms with Crippen LogP contribution in [0.15, 0.2) is 160 Å². The van der Waals surface area contributed by atoms with E-state index in [1.807, 2.05) is 48.5 Å². The van der Waals surface area contributed by atoms with Crippen molar-refractivity contribution in [2.75, 3.05) is 0 Å². The van der Waals surface area contributed by atoms with E-state index in [4.69, 9.17) is 8.83 Å². The summed E-state index contributed by atoms with van der Waals surface area (Å²) >= 11 is 0. The second-order valence-corrected chi connectivity index (χ2v) is 11.6. The zero-order valence-corrected chi connectivity index (χ0v) is 24.7. The van der Waals surface area contributed by atoms with Gasteiger partial charge in [-0.3, -0.25) is 0 Å². The van der Waals surface area contributed by atoms with Gasteiger partial charge in [0, 0.05) is 21.5 Å². The highest BCUT2D eigenvalue weighted by atomic mass is 16.3. The Morgan fingerprint density at radius 3 is 1.72 bits per heavy atom. The van der Waals surface area contributed by atoms with Crippen molar-refractivity contribution in [2.24, 2.45) is 0 Å². The molecule has 0 radical (unpaired) electrons. The molecule has 0 saturated heterocycles. The third-order valence-electron chi connectivity index (χ3n) is 8.90. The van der Waals surface area contributed by atoms with Crippen molar-refractivity contribution in [1.29, 1.82) is 5.26 Å². The van der Waals surface area contributed by atoms with Gasteiger partial charge in [0.05, 0.1) is 11.6 Å². The molecule has 3 heteroatoms. The van der Waals surface area contributed by atoms with Crippen molar-refractivity contribution in [3.8, 4) is 50.6 Å². The van der Waals surface area contributed by atoms with E-state index in [2.05, 4.69) is 109 Å². The molecule has 0 unspecified atom stereocenters. The molecule has 0 bridgehead atoms. The van der Waals surface area contributed by atoms with Gasteiger partial charge in [-0.15, -0.1) is 0 Å². The van der Waals surface area contributed by atoms with Gasteiger partial charge in [-0.1, -0.05) is 91.0 Å². The summed E-state index contributed by atoms with van der Waals surface area (Å²) in [7, 11) is 0. The van der Waals surface area contributed by atoms with Gasteiger partial charge in [0.1, 0.15) is 22.3 Å². The number of nitrogens with zero attached hydrogens (tertiary/aromatic N) is 1. The van der Waals surface area contributed by atoms with Crippen molar-refractivity contribution in [3.05, 3.63) is 157 Å². The first kappa shape index (κ1) is 26.1. The number of furan rings is 2. The largest absolute Gasteiger partial charge is 0.456 e. The second kappa shape index (κ2) is 10.4. The summed E-state index contributed by atoms with van der Waals surface area (Å²) in [5.41, 5.74) is 12.7. The Bertz CT molecular complexity index is 2650. The van der Waals surface area contributed by atoms with Gasteiger partial charge in [-0.25, -0.2) is 0 Å². The maximum atomic E-state index is 9.72. The van der Waals surface area contributed by atoms with Gasteiger partial charge in [0.15, 0.2) is 0 Å². The summed E-state index contributed by atoms with van der Waals surface area (Å²) in [6.07, 6.45) is 0. The maximum absolute atomic E-state index is 9.72. The van der Waals surface area contributed by atoms with Gasteiger partial charge in [-0.05, 0) is 105 Å². The minimum Gasteiger partial charge on any atom is -0.456 e. The van der Waals surface area contributed by atoms with E-state index in [0.29, 0.717) is 5.56 Å². The van der Waals surface area contributed by atoms with Crippen LogP contribution in [-0.4, -0.2) is 0 Å². The Morgan fingerprint density at radius 2 is 0.957 bits per heavy atom. The Hall–Kier alpha value is -6.37. The molecule has 9 rings (SSSR count). The summed E-state index contributed by atoms with van der Waals surface area (Å²) in [5.74, 6) is 0. The van der Waals surface area contributed by atoms with Crippen LogP contribution in [0.1, 0.15) is 5.56 Å². The Labute approximate surface area is 265 Å². The van der Waals surface area contributed by atoms with Crippen LogP contribution in [0.25, 0.3) is 88.4 Å². The topological polar surface area (TPSA) is 50.1 Å². The van der Waals surface area contributed by atoms with Crippen molar-refractivity contribution >= 4 is 43.9 Å². The van der Waals surface area contributed by atoms with Gasteiger partial charge in [0.2, 0.25) is 0 Å². The van der Waals surface area contributed by atoms with Crippen LogP contribution in [0, 0.1) is 11.3 Å². The maximum Gasteiger partial charge on any atom is 0.136 e. The third kappa shape index (κ3) is 4.20. The van der Waals surface area contributed by atoms with E-state index in [9.17, 15) is 5.26 Å². The normalized spacial score (nSPS) is 11.5. The summed E-state index contributed by atoms with van der Waals surface area (Å²) in [4.78, 5) is 0. The summed E-state index contributed by atoms with van der Waals surface area (Å²) < 4.78 is 12.5. The van der Waals surface area contributed by atoms with Crippen molar-refractivity contribution < 1.29 is 8.83 Å². The molecule has 9 aromatic rings. The molecule has 0 atom stereocenters. The summed E-state index contributed by atoms with van der Waals surface area (Å²) in [6.45, 7) is 0. The van der Waals surface area contributed by atoms with E-state index in [0.717, 1.165) is 88.4 Å². The quantitative estimate of drug-likeness (QED) is 0.206. The van der Waals surface area contributed by atoms with Crippen molar-refractivity contribution in [2.45, 2.75) is 0 Å². The average Bonchev–Trinajstić information content (AvgIpc) is 3.69. The molecule has 214 valence electrons. The predicted octanol–water partition coefficient (Wildman–Crippen LogP) is 12.0. The number of nitriles is 1. The zero-order valence-electron chi connectivity index (χ0n) is 24.7. The Morgan fingerprint density at radius 1 is 0.370 bits per heavy atom. The van der Waals surface area contributed by atoms with Gasteiger partial charge in [0.25, 0.3) is 0 Å². The minimum atomic E-state index is 0.628. The molecular weight excluding hydrogens is 562 g/mol. The first-order valence-electron chi connectivity index (χ1n) is 15.3. The standard InChI is InChI=1S/C43H25NO2/c44-26-27-9-8-12-29(21-27)32-23-36(30-18-20-41-38(22-30)34-14-5-7-16-40(34)45-41)43(28-10-2-1-3-11-28)37(24-32)31-17-19-35-33-13-4-6-15-39(33)46-42(35)25-31/h1-25H. The molecule has 2 heterocycles. The predicted molar refractivity (Wildman–Crippen MR) is 187 cm³/mol. The SMILES string of the molecule is N#Cc1cccc(-c2cc(-c3ccc4c(c3)oc3ccccc34)c(-c3ccccc3)c(-c3ccc4oc5ccccc5c4c3)c2)c1. The number of hydrogen-bond acceptors (Lipinski definition) is 3. The molecule has 46 heavy (non-hydrogen) atoms. The van der Waals surface area contributed by atoms with Crippen molar-refractivity contribution in [1.82, 2.24) is 0 Å². The number of benzene rings is 7. The highest BCUT2D eigenvalue weighted by molar-refractivity contribution is 6.09. The van der Waals surface area contributed by atoms with Crippen LogP contribution in [0.3, 0.4) is 0 Å². The van der Waals surface area contributed by atoms with E-state index < -0.39 is 0 Å². The van der Waals surface area contributed by atoms with E-state index >= 15 is 0 Å². The van der Waals surface area contributed by atoms with Crippen molar-refractivity contribution in [3.63, 3.8) is 0 Å². The molecular formula is C43H25NO2. The van der Waals surface area contributed by atoms with E-state index in [1.54, 1.807) is 0 Å². The van der Waals surface area contributed by atoms with Gasteiger partial charge < -0.3 is 8.83 Å². The van der Waals surface area contributed by atoms with Crippen LogP contribution in [0.2, 0.25) is 0 Å². The van der Waals surface area contributed by atoms with Crippen LogP contribution in [0.4, 0.5) is 0 Å². The molecule has 0 fully saturated rings. The lowest BCUT2D eigenvalue weighted by Gasteiger charge is -2.19.